The van der Waals surface area contributed by atoms with Gasteiger partial charge in [0.2, 0.25) is 0 Å². The Morgan fingerprint density at radius 2 is 1.89 bits per heavy atom. The zero-order valence-corrected chi connectivity index (χ0v) is 10.9. The topological polar surface area (TPSA) is 92.8 Å². The second kappa shape index (κ2) is 4.56. The highest BCUT2D eigenvalue weighted by molar-refractivity contribution is 5.34. The Bertz CT molecular complexity index is 464. The van der Waals surface area contributed by atoms with Crippen molar-refractivity contribution in [2.24, 2.45) is 0 Å². The molecule has 3 atom stereocenters. The van der Waals surface area contributed by atoms with Crippen LogP contribution in [-0.2, 0) is 4.74 Å². The van der Waals surface area contributed by atoms with Crippen LogP contribution in [0.2, 0.25) is 0 Å². The number of hydrogen-bond acceptors (Lipinski definition) is 5. The van der Waals surface area contributed by atoms with E-state index in [2.05, 4.69) is 0 Å². The molecule has 2 rings (SSSR count). The summed E-state index contributed by atoms with van der Waals surface area (Å²) in [5, 5.41) is 30.7. The monoisotopic (exact) mass is 267 g/mol. The summed E-state index contributed by atoms with van der Waals surface area (Å²) in [4.78, 5) is 10.1. The predicted molar refractivity (Wildman–Crippen MR) is 67.4 cm³/mol. The summed E-state index contributed by atoms with van der Waals surface area (Å²) in [6, 6.07) is 5.94. The lowest BCUT2D eigenvalue weighted by molar-refractivity contribution is -0.384. The van der Waals surface area contributed by atoms with Crippen LogP contribution in [0.15, 0.2) is 24.3 Å². The first-order valence-electron chi connectivity index (χ1n) is 6.05. The highest BCUT2D eigenvalue weighted by Crippen LogP contribution is 2.41. The van der Waals surface area contributed by atoms with E-state index in [9.17, 15) is 20.3 Å². The predicted octanol–water partition coefficient (Wildman–Crippen LogP) is 1.91. The Kier molecular flexibility index (Phi) is 3.34. The molecule has 1 aliphatic heterocycles. The van der Waals surface area contributed by atoms with Gasteiger partial charge in [0.05, 0.1) is 16.6 Å². The van der Waals surface area contributed by atoms with Crippen molar-refractivity contribution in [2.75, 3.05) is 0 Å². The second-order valence-corrected chi connectivity index (χ2v) is 5.51. The van der Waals surface area contributed by atoms with E-state index in [-0.39, 0.29) is 12.1 Å². The molecule has 1 aliphatic rings. The highest BCUT2D eigenvalue weighted by Gasteiger charge is 2.43. The number of nitrogens with zero attached hydrogens (tertiary/aromatic N) is 1. The van der Waals surface area contributed by atoms with Crippen LogP contribution in [0.1, 0.15) is 38.4 Å². The molecule has 1 heterocycles. The number of rotatable bonds is 2. The molecular weight excluding hydrogens is 250 g/mol. The second-order valence-electron chi connectivity index (χ2n) is 5.51. The molecule has 0 amide bonds. The van der Waals surface area contributed by atoms with E-state index in [1.54, 1.807) is 19.1 Å². The molecule has 0 spiro atoms. The fourth-order valence-corrected chi connectivity index (χ4v) is 2.56. The van der Waals surface area contributed by atoms with Crippen LogP contribution in [0, 0.1) is 10.1 Å². The van der Waals surface area contributed by atoms with E-state index in [0.29, 0.717) is 12.0 Å². The number of non-ortho nitro benzene ring substituents is 1. The fraction of sp³-hybridized carbons (Fsp3) is 0.538. The fourth-order valence-electron chi connectivity index (χ4n) is 2.56. The van der Waals surface area contributed by atoms with Gasteiger partial charge in [0, 0.05) is 25.0 Å². The molecule has 0 aromatic heterocycles. The molecule has 1 aromatic carbocycles. The SMILES string of the molecule is CC1(O)CC(c2ccc([N+](=O)[O-])cc2)OC(C)(O)C1. The Balaban J connectivity index is 2.23. The van der Waals surface area contributed by atoms with Gasteiger partial charge in [0.1, 0.15) is 0 Å². The van der Waals surface area contributed by atoms with Crippen molar-refractivity contribution in [2.45, 2.75) is 44.2 Å². The quantitative estimate of drug-likeness (QED) is 0.630. The van der Waals surface area contributed by atoms with Crippen molar-refractivity contribution in [3.05, 3.63) is 39.9 Å². The van der Waals surface area contributed by atoms with Crippen LogP contribution >= 0.6 is 0 Å². The van der Waals surface area contributed by atoms with Gasteiger partial charge in [0.15, 0.2) is 5.79 Å². The van der Waals surface area contributed by atoms with Crippen molar-refractivity contribution in [3.8, 4) is 0 Å². The van der Waals surface area contributed by atoms with E-state index >= 15 is 0 Å². The molecule has 3 unspecified atom stereocenters. The average molecular weight is 267 g/mol. The molecule has 0 radical (unpaired) electrons. The van der Waals surface area contributed by atoms with Gasteiger partial charge in [-0.15, -0.1) is 0 Å². The van der Waals surface area contributed by atoms with Crippen LogP contribution in [-0.4, -0.2) is 26.5 Å². The minimum Gasteiger partial charge on any atom is -0.390 e. The van der Waals surface area contributed by atoms with Crippen LogP contribution in [0.5, 0.6) is 0 Å². The van der Waals surface area contributed by atoms with Gasteiger partial charge in [-0.25, -0.2) is 0 Å². The van der Waals surface area contributed by atoms with Gasteiger partial charge in [-0.1, -0.05) is 0 Å². The summed E-state index contributed by atoms with van der Waals surface area (Å²) in [5.74, 6) is -1.41. The van der Waals surface area contributed by atoms with Crippen LogP contribution < -0.4 is 0 Å². The van der Waals surface area contributed by atoms with Gasteiger partial charge in [-0.3, -0.25) is 10.1 Å². The van der Waals surface area contributed by atoms with E-state index in [4.69, 9.17) is 4.74 Å². The molecule has 1 fully saturated rings. The molecule has 0 saturated carbocycles. The molecular formula is C13H17NO5. The van der Waals surface area contributed by atoms with Crippen molar-refractivity contribution in [1.82, 2.24) is 0 Å². The molecule has 1 saturated heterocycles. The number of nitro benzene ring substituents is 1. The molecule has 2 N–H and O–H groups in total. The lowest BCUT2D eigenvalue weighted by Crippen LogP contribution is -2.46. The summed E-state index contributed by atoms with van der Waals surface area (Å²) in [6.07, 6.45) is -0.0238. The van der Waals surface area contributed by atoms with Gasteiger partial charge in [-0.2, -0.15) is 0 Å². The summed E-state index contributed by atoms with van der Waals surface area (Å²) >= 11 is 0. The summed E-state index contributed by atoms with van der Waals surface area (Å²) < 4.78 is 5.52. The molecule has 0 bridgehead atoms. The molecule has 0 aliphatic carbocycles. The molecule has 19 heavy (non-hydrogen) atoms. The largest absolute Gasteiger partial charge is 0.390 e. The average Bonchev–Trinajstić information content (AvgIpc) is 2.25. The molecule has 6 heteroatoms. The van der Waals surface area contributed by atoms with Gasteiger partial charge in [0.25, 0.3) is 5.69 Å². The van der Waals surface area contributed by atoms with E-state index in [0.717, 1.165) is 0 Å². The maximum atomic E-state index is 10.6. The highest BCUT2D eigenvalue weighted by atomic mass is 16.6. The van der Waals surface area contributed by atoms with Crippen molar-refractivity contribution in [3.63, 3.8) is 0 Å². The normalized spacial score (nSPS) is 35.1. The lowest BCUT2D eigenvalue weighted by atomic mass is 9.85. The Morgan fingerprint density at radius 3 is 2.37 bits per heavy atom. The number of aliphatic hydroxyl groups is 2. The first-order valence-corrected chi connectivity index (χ1v) is 6.05. The Morgan fingerprint density at radius 1 is 1.32 bits per heavy atom. The minimum atomic E-state index is -1.41. The summed E-state index contributed by atoms with van der Waals surface area (Å²) in [7, 11) is 0. The van der Waals surface area contributed by atoms with Gasteiger partial charge >= 0.3 is 0 Å². The summed E-state index contributed by atoms with van der Waals surface area (Å²) in [5.41, 5.74) is -0.335. The van der Waals surface area contributed by atoms with Crippen LogP contribution in [0.4, 0.5) is 5.69 Å². The Labute approximate surface area is 110 Å². The third-order valence-electron chi connectivity index (χ3n) is 3.21. The standard InChI is InChI=1S/C13H17NO5/c1-12(15)7-11(19-13(2,16)8-12)9-3-5-10(6-4-9)14(17)18/h3-6,11,15-16H,7-8H2,1-2H3. The maximum Gasteiger partial charge on any atom is 0.269 e. The number of nitro groups is 1. The van der Waals surface area contributed by atoms with Gasteiger partial charge < -0.3 is 14.9 Å². The van der Waals surface area contributed by atoms with E-state index in [1.165, 1.54) is 19.1 Å². The maximum absolute atomic E-state index is 10.6. The van der Waals surface area contributed by atoms with Crippen LogP contribution in [0.25, 0.3) is 0 Å². The van der Waals surface area contributed by atoms with E-state index < -0.39 is 22.4 Å². The lowest BCUT2D eigenvalue weighted by Gasteiger charge is -2.42. The zero-order chi connectivity index (χ0) is 14.3. The molecule has 6 nitrogen and oxygen atoms in total. The number of benzene rings is 1. The third kappa shape index (κ3) is 3.28. The minimum absolute atomic E-state index is 0.00178. The zero-order valence-electron chi connectivity index (χ0n) is 10.9. The Hall–Kier alpha value is -1.50. The molecule has 104 valence electrons. The first kappa shape index (κ1) is 13.9. The van der Waals surface area contributed by atoms with Gasteiger partial charge in [-0.05, 0) is 31.5 Å². The van der Waals surface area contributed by atoms with Crippen molar-refractivity contribution in [1.29, 1.82) is 0 Å². The first-order chi connectivity index (χ1) is 8.69. The number of ether oxygens (including phenoxy) is 1. The summed E-state index contributed by atoms with van der Waals surface area (Å²) in [6.45, 7) is 3.14. The van der Waals surface area contributed by atoms with Crippen molar-refractivity contribution < 1.29 is 19.9 Å². The molecule has 1 aromatic rings. The van der Waals surface area contributed by atoms with Crippen LogP contribution in [0.3, 0.4) is 0 Å². The van der Waals surface area contributed by atoms with Crippen molar-refractivity contribution >= 4 is 5.69 Å². The third-order valence-corrected chi connectivity index (χ3v) is 3.21. The van der Waals surface area contributed by atoms with E-state index in [1.807, 2.05) is 0 Å². The smallest absolute Gasteiger partial charge is 0.269 e. The number of hydrogen-bond donors (Lipinski definition) is 2.